The van der Waals surface area contributed by atoms with Crippen molar-refractivity contribution in [3.63, 3.8) is 0 Å². The molecule has 0 radical (unpaired) electrons. The van der Waals surface area contributed by atoms with Gasteiger partial charge in [-0.05, 0) is 42.5 Å². The van der Waals surface area contributed by atoms with Gasteiger partial charge >= 0.3 is 6.18 Å². The van der Waals surface area contributed by atoms with Gasteiger partial charge in [-0.25, -0.2) is 4.98 Å². The van der Waals surface area contributed by atoms with Crippen LogP contribution >= 0.6 is 0 Å². The summed E-state index contributed by atoms with van der Waals surface area (Å²) in [6.45, 7) is 0. The van der Waals surface area contributed by atoms with Gasteiger partial charge in [-0.3, -0.25) is 23.8 Å². The molecule has 0 spiro atoms. The van der Waals surface area contributed by atoms with Crippen LogP contribution in [-0.4, -0.2) is 37.3 Å². The van der Waals surface area contributed by atoms with E-state index >= 15 is 0 Å². The molecule has 5 aromatic rings. The zero-order chi connectivity index (χ0) is 25.6. The second-order valence-electron chi connectivity index (χ2n) is 7.95. The number of aryl methyl sites for hydroxylation is 1. The third-order valence-corrected chi connectivity index (χ3v) is 5.59. The van der Waals surface area contributed by atoms with Gasteiger partial charge in [0.25, 0.3) is 11.5 Å². The molecule has 4 heterocycles. The van der Waals surface area contributed by atoms with Crippen LogP contribution in [0.2, 0.25) is 0 Å². The summed E-state index contributed by atoms with van der Waals surface area (Å²) in [5.74, 6) is -0.577. The Hall–Kier alpha value is -4.74. The van der Waals surface area contributed by atoms with Crippen molar-refractivity contribution in [3.8, 4) is 5.69 Å². The molecule has 182 valence electrons. The van der Waals surface area contributed by atoms with Crippen LogP contribution in [0.15, 0.2) is 65.8 Å². The molecule has 0 saturated carbocycles. The zero-order valence-corrected chi connectivity index (χ0v) is 19.0. The summed E-state index contributed by atoms with van der Waals surface area (Å²) in [4.78, 5) is 34.5. The first kappa shape index (κ1) is 23.0. The fourth-order valence-corrected chi connectivity index (χ4v) is 4.00. The second kappa shape index (κ2) is 8.48. The topological polar surface area (TPSA) is 107 Å². The first-order valence-corrected chi connectivity index (χ1v) is 10.7. The molecule has 0 fully saturated rings. The molecule has 4 aromatic heterocycles. The normalized spacial score (nSPS) is 11.7. The molecule has 1 amide bonds. The zero-order valence-electron chi connectivity index (χ0n) is 19.0. The highest BCUT2D eigenvalue weighted by molar-refractivity contribution is 6.10. The van der Waals surface area contributed by atoms with Gasteiger partial charge in [-0.1, -0.05) is 0 Å². The van der Waals surface area contributed by atoms with Crippen LogP contribution < -0.4 is 16.2 Å². The van der Waals surface area contributed by atoms with Crippen LogP contribution in [0.4, 0.5) is 24.5 Å². The molecule has 5 rings (SSSR count). The molecule has 9 nitrogen and oxygen atoms in total. The Morgan fingerprint density at radius 2 is 1.89 bits per heavy atom. The van der Waals surface area contributed by atoms with Gasteiger partial charge in [0.05, 0.1) is 23.1 Å². The Labute approximate surface area is 201 Å². The van der Waals surface area contributed by atoms with Crippen molar-refractivity contribution < 1.29 is 18.0 Å². The Kier molecular flexibility index (Phi) is 5.43. The van der Waals surface area contributed by atoms with Gasteiger partial charge in [0.1, 0.15) is 17.0 Å². The van der Waals surface area contributed by atoms with Crippen molar-refractivity contribution >= 4 is 39.2 Å². The average molecular weight is 493 g/mol. The van der Waals surface area contributed by atoms with Crippen LogP contribution in [-0.2, 0) is 13.2 Å². The van der Waals surface area contributed by atoms with E-state index in [1.165, 1.54) is 37.6 Å². The highest BCUT2D eigenvalue weighted by Gasteiger charge is 2.33. The number of nitrogens with one attached hydrogen (secondary N) is 2. The van der Waals surface area contributed by atoms with E-state index in [9.17, 15) is 22.8 Å². The lowest BCUT2D eigenvalue weighted by Gasteiger charge is -2.18. The second-order valence-corrected chi connectivity index (χ2v) is 7.95. The van der Waals surface area contributed by atoms with Gasteiger partial charge in [0.2, 0.25) is 0 Å². The number of rotatable bonds is 4. The third kappa shape index (κ3) is 3.91. The van der Waals surface area contributed by atoms with Crippen LogP contribution in [0.5, 0.6) is 0 Å². The molecule has 0 aliphatic heterocycles. The number of amides is 1. The molecule has 0 saturated heterocycles. The Bertz CT molecular complexity index is 1690. The molecular weight excluding hydrogens is 475 g/mol. The highest BCUT2D eigenvalue weighted by Crippen LogP contribution is 2.33. The van der Waals surface area contributed by atoms with Gasteiger partial charge in [0.15, 0.2) is 0 Å². The predicted molar refractivity (Wildman–Crippen MR) is 128 cm³/mol. The summed E-state index contributed by atoms with van der Waals surface area (Å²) >= 11 is 0. The summed E-state index contributed by atoms with van der Waals surface area (Å²) in [5.41, 5.74) is -1.02. The minimum Gasteiger partial charge on any atom is -0.386 e. The quantitative estimate of drug-likeness (QED) is 0.392. The van der Waals surface area contributed by atoms with Crippen molar-refractivity contribution in [2.45, 2.75) is 6.18 Å². The maximum atomic E-state index is 13.7. The molecule has 1 aromatic carbocycles. The van der Waals surface area contributed by atoms with Crippen molar-refractivity contribution in [3.05, 3.63) is 82.7 Å². The highest BCUT2D eigenvalue weighted by atomic mass is 19.4. The molecule has 0 aliphatic carbocycles. The predicted octanol–water partition coefficient (Wildman–Crippen LogP) is 3.98. The Balaban J connectivity index is 1.72. The number of anilines is 2. The number of nitrogens with zero attached hydrogens (tertiary/aromatic N) is 5. The molecule has 12 heteroatoms. The number of fused-ring (bicyclic) bond motifs is 2. The van der Waals surface area contributed by atoms with E-state index in [2.05, 4.69) is 25.7 Å². The fraction of sp³-hybridized carbons (Fsp3) is 0.125. The van der Waals surface area contributed by atoms with Crippen LogP contribution in [0.25, 0.3) is 27.6 Å². The molecular formula is C24H18F3N7O2. The number of aromatic nitrogens is 5. The van der Waals surface area contributed by atoms with Crippen LogP contribution in [0.1, 0.15) is 16.1 Å². The van der Waals surface area contributed by atoms with E-state index in [-0.39, 0.29) is 33.7 Å². The summed E-state index contributed by atoms with van der Waals surface area (Å²) in [6.07, 6.45) is -0.184. The lowest BCUT2D eigenvalue weighted by Crippen LogP contribution is -2.28. The number of alkyl halides is 3. The summed E-state index contributed by atoms with van der Waals surface area (Å²) in [6, 6.07) is 9.96. The van der Waals surface area contributed by atoms with E-state index < -0.39 is 23.3 Å². The molecule has 2 N–H and O–H groups in total. The standard InChI is InChI=1S/C24H18F3N7O2/c1-28-19-16-6-8-18(24(25,26)27)30-21(16)34(15-4-3-9-29-11-15)23(36)20(19)31-22(35)13-5-7-17-14(10-13)12-33(2)32-17/h3-12,28H,1-2H3,(H,31,35). The summed E-state index contributed by atoms with van der Waals surface area (Å²) in [7, 11) is 3.25. The van der Waals surface area contributed by atoms with Crippen molar-refractivity contribution in [2.24, 2.45) is 7.05 Å². The Morgan fingerprint density at radius 1 is 1.08 bits per heavy atom. The van der Waals surface area contributed by atoms with Gasteiger partial charge < -0.3 is 10.6 Å². The maximum absolute atomic E-state index is 13.7. The van der Waals surface area contributed by atoms with E-state index in [0.29, 0.717) is 5.52 Å². The van der Waals surface area contributed by atoms with E-state index in [1.54, 1.807) is 36.1 Å². The first-order valence-electron chi connectivity index (χ1n) is 10.7. The van der Waals surface area contributed by atoms with Gasteiger partial charge in [-0.15, -0.1) is 0 Å². The number of halogens is 3. The van der Waals surface area contributed by atoms with Crippen molar-refractivity contribution in [1.82, 2.24) is 24.3 Å². The van der Waals surface area contributed by atoms with E-state index in [1.807, 2.05) is 0 Å². The third-order valence-electron chi connectivity index (χ3n) is 5.59. The first-order chi connectivity index (χ1) is 17.2. The SMILES string of the molecule is CNc1c(NC(=O)c2ccc3nn(C)cc3c2)c(=O)n(-c2cccnc2)c2nc(C(F)(F)F)ccc12. The van der Waals surface area contributed by atoms with Crippen molar-refractivity contribution in [1.29, 1.82) is 0 Å². The minimum absolute atomic E-state index is 0.132. The number of benzene rings is 1. The smallest absolute Gasteiger partial charge is 0.386 e. The maximum Gasteiger partial charge on any atom is 0.433 e. The van der Waals surface area contributed by atoms with E-state index in [4.69, 9.17) is 0 Å². The number of hydrogen-bond acceptors (Lipinski definition) is 6. The molecule has 36 heavy (non-hydrogen) atoms. The van der Waals surface area contributed by atoms with Crippen molar-refractivity contribution in [2.75, 3.05) is 17.7 Å². The van der Waals surface area contributed by atoms with E-state index in [0.717, 1.165) is 16.0 Å². The number of carbonyl (C=O) groups excluding carboxylic acids is 1. The van der Waals surface area contributed by atoms with Crippen LogP contribution in [0.3, 0.4) is 0 Å². The molecule has 0 aliphatic rings. The molecule has 0 unspecified atom stereocenters. The summed E-state index contributed by atoms with van der Waals surface area (Å²) < 4.78 is 42.9. The largest absolute Gasteiger partial charge is 0.433 e. The average Bonchev–Trinajstić information content (AvgIpc) is 3.23. The summed E-state index contributed by atoms with van der Waals surface area (Å²) in [5, 5.41) is 10.7. The molecule has 0 atom stereocenters. The number of pyridine rings is 3. The van der Waals surface area contributed by atoms with Gasteiger partial charge in [-0.2, -0.15) is 18.3 Å². The lowest BCUT2D eigenvalue weighted by molar-refractivity contribution is -0.141. The fourth-order valence-electron chi connectivity index (χ4n) is 4.00. The number of hydrogen-bond donors (Lipinski definition) is 2. The Morgan fingerprint density at radius 3 is 2.58 bits per heavy atom. The van der Waals surface area contributed by atoms with Crippen LogP contribution in [0, 0.1) is 0 Å². The van der Waals surface area contributed by atoms with Gasteiger partial charge in [0, 0.05) is 42.8 Å². The lowest BCUT2D eigenvalue weighted by atomic mass is 10.1. The minimum atomic E-state index is -4.72. The number of carbonyl (C=O) groups is 1. The molecule has 0 bridgehead atoms. The monoisotopic (exact) mass is 493 g/mol.